The van der Waals surface area contributed by atoms with Gasteiger partial charge in [0.05, 0.1) is 21.9 Å². The Morgan fingerprint density at radius 3 is 1.59 bits per heavy atom. The van der Waals surface area contributed by atoms with Crippen LogP contribution in [-0.2, 0) is 0 Å². The standard InChI is InChI=1S/C55H35N3S/c1-5-14-36(15-6-1)40-24-25-42-31-43(27-26-41(42)30-40)46-32-45(38-18-9-3-10-19-38)33-47(34-46)54-56-53(39-20-11-4-12-21-39)57-55(58-54)48-22-13-23-51-52(48)49-35-44(28-29-50(49)59-51)37-16-7-2-8-17-37/h1-35H/i2D,3D,7D,8D,9D,10D,13D,16D,17D,18D,19D,22D,23D,28D,29D,35D. The summed E-state index contributed by atoms with van der Waals surface area (Å²) in [4.78, 5) is 14.8. The quantitative estimate of drug-likeness (QED) is 0.162. The molecule has 0 bridgehead atoms. The molecule has 0 aliphatic heterocycles. The largest absolute Gasteiger partial charge is 0.208 e. The summed E-state index contributed by atoms with van der Waals surface area (Å²) in [6, 6.07) is 26.7. The van der Waals surface area contributed by atoms with Crippen molar-refractivity contribution in [3.8, 4) is 78.7 Å². The van der Waals surface area contributed by atoms with Gasteiger partial charge in [-0.3, -0.25) is 0 Å². The summed E-state index contributed by atoms with van der Waals surface area (Å²) in [5.74, 6) is -0.141. The molecular formula is C55H35N3S. The van der Waals surface area contributed by atoms with Crippen LogP contribution in [0.2, 0.25) is 0 Å². The van der Waals surface area contributed by atoms with Gasteiger partial charge in [0.1, 0.15) is 0 Å². The minimum Gasteiger partial charge on any atom is -0.208 e. The molecule has 0 aliphatic rings. The van der Waals surface area contributed by atoms with Crippen LogP contribution in [0.15, 0.2) is 212 Å². The Balaban J connectivity index is 1.21. The zero-order valence-corrected chi connectivity index (χ0v) is 31.5. The summed E-state index contributed by atoms with van der Waals surface area (Å²) in [6.45, 7) is 0. The molecule has 0 unspecified atom stereocenters. The molecule has 0 amide bonds. The van der Waals surface area contributed by atoms with E-state index in [0.717, 1.165) is 33.2 Å². The number of nitrogens with zero attached hydrogens (tertiary/aromatic N) is 3. The molecule has 0 atom stereocenters. The van der Waals surface area contributed by atoms with Crippen molar-refractivity contribution in [1.82, 2.24) is 15.0 Å². The Kier molecular flexibility index (Phi) is 5.47. The predicted molar refractivity (Wildman–Crippen MR) is 248 cm³/mol. The van der Waals surface area contributed by atoms with Crippen molar-refractivity contribution >= 4 is 42.3 Å². The SMILES string of the molecule is [2H]c1c([2H])c([2H])c(-c2cc(-c3ccc4cc(-c5ccccc5)ccc4c3)cc(-c3nc(-c4ccccc4)nc(-c4c([2H])c([2H])c([2H])c5sc6c([2H])c([2H])c(-c7c([2H])c([2H])c([2H])c([2H])c7[2H])c([2H])c6c45)n3)c2)c([2H])c1[2H]. The zero-order valence-electron chi connectivity index (χ0n) is 46.7. The number of rotatable bonds is 7. The van der Waals surface area contributed by atoms with Crippen LogP contribution in [0.5, 0.6) is 0 Å². The summed E-state index contributed by atoms with van der Waals surface area (Å²) in [6.07, 6.45) is 0. The van der Waals surface area contributed by atoms with Crippen molar-refractivity contribution in [2.24, 2.45) is 0 Å². The Morgan fingerprint density at radius 1 is 0.356 bits per heavy atom. The van der Waals surface area contributed by atoms with Crippen molar-refractivity contribution < 1.29 is 21.9 Å². The fourth-order valence-corrected chi connectivity index (χ4v) is 8.12. The maximum atomic E-state index is 9.67. The molecule has 0 N–H and O–H groups in total. The molecular weight excluding hydrogens is 735 g/mol. The Morgan fingerprint density at radius 2 is 0.915 bits per heavy atom. The lowest BCUT2D eigenvalue weighted by atomic mass is 9.93. The monoisotopic (exact) mass is 785 g/mol. The highest BCUT2D eigenvalue weighted by Gasteiger charge is 2.19. The summed E-state index contributed by atoms with van der Waals surface area (Å²) in [7, 11) is 0. The van der Waals surface area contributed by atoms with Gasteiger partial charge in [-0.25, -0.2) is 15.0 Å². The Labute approximate surface area is 369 Å². The number of hydrogen-bond acceptors (Lipinski definition) is 4. The Bertz CT molecular complexity index is 4210. The maximum Gasteiger partial charge on any atom is 0.164 e. The van der Waals surface area contributed by atoms with E-state index in [4.69, 9.17) is 32.8 Å². The highest BCUT2D eigenvalue weighted by atomic mass is 32.1. The summed E-state index contributed by atoms with van der Waals surface area (Å²) in [5.41, 5.74) is 3.18. The number of hydrogen-bond donors (Lipinski definition) is 0. The van der Waals surface area contributed by atoms with Crippen LogP contribution in [0.4, 0.5) is 0 Å². The van der Waals surface area contributed by atoms with Crippen LogP contribution < -0.4 is 0 Å². The second-order valence-corrected chi connectivity index (χ2v) is 14.6. The number of fused-ring (bicyclic) bond motifs is 4. The molecule has 2 aromatic heterocycles. The van der Waals surface area contributed by atoms with Gasteiger partial charge in [-0.05, 0) is 104 Å². The van der Waals surface area contributed by atoms with E-state index < -0.39 is 108 Å². The summed E-state index contributed by atoms with van der Waals surface area (Å²) in [5, 5.41) is 1.75. The van der Waals surface area contributed by atoms with Gasteiger partial charge >= 0.3 is 0 Å². The molecule has 0 fully saturated rings. The fraction of sp³-hybridized carbons (Fsp3) is 0. The molecule has 3 nitrogen and oxygen atoms in total. The van der Waals surface area contributed by atoms with E-state index in [1.54, 1.807) is 48.5 Å². The molecule has 0 saturated carbocycles. The van der Waals surface area contributed by atoms with Crippen molar-refractivity contribution in [3.63, 3.8) is 0 Å². The van der Waals surface area contributed by atoms with Gasteiger partial charge in [0.25, 0.3) is 0 Å². The number of benzene rings is 9. The van der Waals surface area contributed by atoms with Crippen molar-refractivity contribution in [3.05, 3.63) is 212 Å². The third-order valence-corrected chi connectivity index (χ3v) is 11.0. The molecule has 0 aliphatic carbocycles. The topological polar surface area (TPSA) is 38.7 Å². The van der Waals surface area contributed by atoms with E-state index in [1.165, 1.54) is 0 Å². The predicted octanol–water partition coefficient (Wildman–Crippen LogP) is 15.1. The molecule has 4 heteroatoms. The molecule has 11 rings (SSSR count). The second-order valence-electron chi connectivity index (χ2n) is 13.6. The van der Waals surface area contributed by atoms with E-state index in [2.05, 4.69) is 6.07 Å². The first-order valence-electron chi connectivity index (χ1n) is 26.5. The van der Waals surface area contributed by atoms with Crippen LogP contribution in [0.25, 0.3) is 110 Å². The minimum atomic E-state index is -0.712. The average molecular weight is 786 g/mol. The minimum absolute atomic E-state index is 0.00978. The first-order valence-corrected chi connectivity index (χ1v) is 19.3. The highest BCUT2D eigenvalue weighted by molar-refractivity contribution is 7.26. The van der Waals surface area contributed by atoms with Crippen LogP contribution in [0.1, 0.15) is 21.9 Å². The molecule has 2 heterocycles. The lowest BCUT2D eigenvalue weighted by Crippen LogP contribution is -2.01. The summed E-state index contributed by atoms with van der Waals surface area (Å²) < 4.78 is 142. The van der Waals surface area contributed by atoms with E-state index in [0.29, 0.717) is 16.7 Å². The van der Waals surface area contributed by atoms with Crippen molar-refractivity contribution in [1.29, 1.82) is 0 Å². The normalized spacial score (nSPS) is 15.2. The van der Waals surface area contributed by atoms with Crippen LogP contribution in [0, 0.1) is 0 Å². The zero-order chi connectivity index (χ0) is 53.0. The molecule has 0 spiro atoms. The van der Waals surface area contributed by atoms with Gasteiger partial charge in [-0.1, -0.05) is 163 Å². The van der Waals surface area contributed by atoms with Gasteiger partial charge in [-0.2, -0.15) is 0 Å². The third kappa shape index (κ3) is 6.66. The van der Waals surface area contributed by atoms with E-state index >= 15 is 0 Å². The van der Waals surface area contributed by atoms with Crippen LogP contribution in [0.3, 0.4) is 0 Å². The second kappa shape index (κ2) is 14.8. The van der Waals surface area contributed by atoms with Gasteiger partial charge < -0.3 is 0 Å². The van der Waals surface area contributed by atoms with Gasteiger partial charge in [-0.15, -0.1) is 11.3 Å². The molecule has 9 aromatic carbocycles. The first kappa shape index (κ1) is 21.8. The van der Waals surface area contributed by atoms with E-state index in [-0.39, 0.29) is 59.9 Å². The van der Waals surface area contributed by atoms with E-state index in [9.17, 15) is 4.11 Å². The lowest BCUT2D eigenvalue weighted by molar-refractivity contribution is 1.08. The van der Waals surface area contributed by atoms with E-state index in [1.807, 2.05) is 60.7 Å². The number of aromatic nitrogens is 3. The van der Waals surface area contributed by atoms with Gasteiger partial charge in [0, 0.05) is 36.9 Å². The third-order valence-electron chi connectivity index (χ3n) is 9.97. The smallest absolute Gasteiger partial charge is 0.164 e. The average Bonchev–Trinajstić information content (AvgIpc) is 3.86. The molecule has 0 radical (unpaired) electrons. The fourth-order valence-electron chi connectivity index (χ4n) is 7.15. The number of thiophene rings is 1. The molecule has 276 valence electrons. The first-order chi connectivity index (χ1) is 35.9. The lowest BCUT2D eigenvalue weighted by Gasteiger charge is -2.13. The Hall–Kier alpha value is -7.53. The van der Waals surface area contributed by atoms with Crippen LogP contribution in [-0.4, -0.2) is 15.0 Å². The summed E-state index contributed by atoms with van der Waals surface area (Å²) >= 11 is 0.836. The van der Waals surface area contributed by atoms with Crippen molar-refractivity contribution in [2.45, 2.75) is 0 Å². The highest BCUT2D eigenvalue weighted by Crippen LogP contribution is 2.42. The van der Waals surface area contributed by atoms with Crippen LogP contribution >= 0.6 is 11.3 Å². The van der Waals surface area contributed by atoms with Gasteiger partial charge in [0.15, 0.2) is 17.5 Å². The molecule has 11 aromatic rings. The van der Waals surface area contributed by atoms with Gasteiger partial charge in [0.2, 0.25) is 0 Å². The van der Waals surface area contributed by atoms with Crippen molar-refractivity contribution in [2.75, 3.05) is 0 Å². The molecule has 59 heavy (non-hydrogen) atoms. The maximum absolute atomic E-state index is 9.67. The molecule has 0 saturated heterocycles.